The van der Waals surface area contributed by atoms with Crippen LogP contribution in [0.1, 0.15) is 40.5 Å². The van der Waals surface area contributed by atoms with Gasteiger partial charge in [-0.2, -0.15) is 0 Å². The van der Waals surface area contributed by atoms with Crippen LogP contribution in [-0.4, -0.2) is 71.1 Å². The van der Waals surface area contributed by atoms with Gasteiger partial charge in [0.2, 0.25) is 0 Å². The van der Waals surface area contributed by atoms with Crippen molar-refractivity contribution >= 4 is 18.0 Å². The zero-order valence-corrected chi connectivity index (χ0v) is 15.2. The number of nitrogens with zero attached hydrogens (tertiary/aromatic N) is 2. The van der Waals surface area contributed by atoms with Gasteiger partial charge in [0.25, 0.3) is 5.91 Å². The molecule has 0 spiro atoms. The third kappa shape index (κ3) is 7.14. The minimum Gasteiger partial charge on any atom is -0.444 e. The molecule has 1 fully saturated rings. The molecular formula is C15H28N4O6. The number of amides is 4. The summed E-state index contributed by atoms with van der Waals surface area (Å²) in [5, 5.41) is 12.6. The molecule has 1 heterocycles. The van der Waals surface area contributed by atoms with Crippen molar-refractivity contribution in [1.82, 2.24) is 20.8 Å². The van der Waals surface area contributed by atoms with E-state index in [1.165, 1.54) is 4.90 Å². The van der Waals surface area contributed by atoms with Crippen molar-refractivity contribution in [1.29, 1.82) is 0 Å². The van der Waals surface area contributed by atoms with E-state index in [9.17, 15) is 19.6 Å². The highest BCUT2D eigenvalue weighted by Crippen LogP contribution is 2.14. The fourth-order valence-corrected chi connectivity index (χ4v) is 2.25. The molecule has 4 amide bonds. The fourth-order valence-electron chi connectivity index (χ4n) is 2.25. The monoisotopic (exact) mass is 360 g/mol. The van der Waals surface area contributed by atoms with Crippen LogP contribution >= 0.6 is 0 Å². The van der Waals surface area contributed by atoms with Crippen molar-refractivity contribution in [3.63, 3.8) is 0 Å². The Balaban J connectivity index is 2.22. The molecule has 0 aromatic rings. The first-order valence-corrected chi connectivity index (χ1v) is 8.31. The van der Waals surface area contributed by atoms with Gasteiger partial charge in [-0.3, -0.25) is 14.8 Å². The number of likely N-dealkylation sites (N-methyl/N-ethyl adjacent to an activating group) is 1. The molecule has 25 heavy (non-hydrogen) atoms. The van der Waals surface area contributed by atoms with Crippen molar-refractivity contribution in [2.24, 2.45) is 0 Å². The average molecular weight is 360 g/mol. The zero-order valence-electron chi connectivity index (χ0n) is 15.2. The van der Waals surface area contributed by atoms with Gasteiger partial charge in [-0.05, 0) is 40.5 Å². The molecule has 10 heteroatoms. The lowest BCUT2D eigenvalue weighted by Gasteiger charge is -2.36. The Kier molecular flexibility index (Phi) is 7.91. The fraction of sp³-hybridized carbons (Fsp3) is 0.800. The minimum atomic E-state index is -0.680. The van der Waals surface area contributed by atoms with Gasteiger partial charge < -0.3 is 15.0 Å². The first kappa shape index (κ1) is 21.0. The number of rotatable bonds is 7. The third-order valence-corrected chi connectivity index (χ3v) is 3.36. The van der Waals surface area contributed by atoms with E-state index in [2.05, 4.69) is 10.8 Å². The number of hydroxylamine groups is 3. The molecule has 0 radical (unpaired) electrons. The number of hydrogen-bond acceptors (Lipinski definition) is 6. The Bertz CT molecular complexity index is 479. The summed E-state index contributed by atoms with van der Waals surface area (Å²) in [5.74, 6) is -0.441. The molecule has 1 rings (SSSR count). The summed E-state index contributed by atoms with van der Waals surface area (Å²) in [6, 6.07) is -1.28. The maximum atomic E-state index is 12.1. The number of alkyl carbamates (subject to hydrolysis) is 1. The molecule has 1 saturated heterocycles. The number of ether oxygens (including phenoxy) is 1. The summed E-state index contributed by atoms with van der Waals surface area (Å²) in [5.41, 5.74) is 1.75. The van der Waals surface area contributed by atoms with E-state index in [-0.39, 0.29) is 13.2 Å². The summed E-state index contributed by atoms with van der Waals surface area (Å²) < 4.78 is 5.08. The van der Waals surface area contributed by atoms with Crippen molar-refractivity contribution in [3.05, 3.63) is 0 Å². The smallest absolute Gasteiger partial charge is 0.407 e. The predicted molar refractivity (Wildman–Crippen MR) is 87.6 cm³/mol. The van der Waals surface area contributed by atoms with Gasteiger partial charge in [-0.1, -0.05) is 0 Å². The van der Waals surface area contributed by atoms with E-state index in [0.29, 0.717) is 31.0 Å². The lowest BCUT2D eigenvalue weighted by Crippen LogP contribution is -2.58. The first-order chi connectivity index (χ1) is 11.7. The molecule has 0 aromatic heterocycles. The molecule has 1 unspecified atom stereocenters. The Labute approximate surface area is 147 Å². The number of carbonyl (C=O) groups excluding carboxylic acids is 3. The van der Waals surface area contributed by atoms with Gasteiger partial charge in [-0.15, -0.1) is 0 Å². The maximum absolute atomic E-state index is 12.1. The Morgan fingerprint density at radius 3 is 2.64 bits per heavy atom. The van der Waals surface area contributed by atoms with Gasteiger partial charge in [0.1, 0.15) is 11.6 Å². The Morgan fingerprint density at radius 2 is 2.04 bits per heavy atom. The second-order valence-electron chi connectivity index (χ2n) is 6.59. The van der Waals surface area contributed by atoms with Crippen LogP contribution < -0.4 is 10.8 Å². The number of nitrogens with one attached hydrogen (secondary N) is 2. The molecule has 10 nitrogen and oxygen atoms in total. The van der Waals surface area contributed by atoms with E-state index in [1.807, 2.05) is 0 Å². The second kappa shape index (κ2) is 9.42. The van der Waals surface area contributed by atoms with Crippen LogP contribution in [0.15, 0.2) is 0 Å². The lowest BCUT2D eigenvalue weighted by molar-refractivity contribution is -0.144. The van der Waals surface area contributed by atoms with E-state index in [4.69, 9.17) is 9.57 Å². The highest BCUT2D eigenvalue weighted by Gasteiger charge is 2.36. The standard InChI is InChI=1S/C15H28N4O6/c1-5-18-11(7-9-19(23)14(18)22)12(20)17-24-10-6-8-16-13(21)25-15(2,3)4/h11,23H,5-10H2,1-4H3,(H,16,21)(H,17,20). The largest absolute Gasteiger partial charge is 0.444 e. The maximum Gasteiger partial charge on any atom is 0.407 e. The molecular weight excluding hydrogens is 332 g/mol. The Morgan fingerprint density at radius 1 is 1.36 bits per heavy atom. The number of urea groups is 1. The van der Waals surface area contributed by atoms with Gasteiger partial charge in [0, 0.05) is 13.1 Å². The highest BCUT2D eigenvalue weighted by atomic mass is 16.7. The zero-order chi connectivity index (χ0) is 19.0. The van der Waals surface area contributed by atoms with Crippen molar-refractivity contribution in [2.75, 3.05) is 26.2 Å². The topological polar surface area (TPSA) is 120 Å². The van der Waals surface area contributed by atoms with Crippen LogP contribution in [0, 0.1) is 0 Å². The van der Waals surface area contributed by atoms with E-state index in [0.717, 1.165) is 0 Å². The minimum absolute atomic E-state index is 0.0905. The summed E-state index contributed by atoms with van der Waals surface area (Å²) in [6.45, 7) is 7.97. The van der Waals surface area contributed by atoms with Gasteiger partial charge in [0.05, 0.1) is 13.2 Å². The number of hydrogen-bond donors (Lipinski definition) is 3. The summed E-state index contributed by atoms with van der Waals surface area (Å²) in [4.78, 5) is 41.7. The van der Waals surface area contributed by atoms with Gasteiger partial charge in [0.15, 0.2) is 0 Å². The van der Waals surface area contributed by atoms with Gasteiger partial charge in [-0.25, -0.2) is 20.1 Å². The molecule has 3 N–H and O–H groups in total. The van der Waals surface area contributed by atoms with Crippen LogP contribution in [0.4, 0.5) is 9.59 Å². The third-order valence-electron chi connectivity index (χ3n) is 3.36. The molecule has 0 saturated carbocycles. The van der Waals surface area contributed by atoms with Crippen molar-refractivity contribution in [2.45, 2.75) is 52.2 Å². The van der Waals surface area contributed by atoms with E-state index < -0.39 is 29.7 Å². The van der Waals surface area contributed by atoms with Crippen LogP contribution in [0.25, 0.3) is 0 Å². The van der Waals surface area contributed by atoms with Gasteiger partial charge >= 0.3 is 12.1 Å². The lowest BCUT2D eigenvalue weighted by atomic mass is 10.1. The van der Waals surface area contributed by atoms with Crippen molar-refractivity contribution < 1.29 is 29.2 Å². The van der Waals surface area contributed by atoms with Crippen molar-refractivity contribution in [3.8, 4) is 0 Å². The molecule has 144 valence electrons. The highest BCUT2D eigenvalue weighted by molar-refractivity contribution is 5.87. The van der Waals surface area contributed by atoms with Crippen LogP contribution in [0.2, 0.25) is 0 Å². The Hall–Kier alpha value is -2.07. The summed E-state index contributed by atoms with van der Waals surface area (Å²) >= 11 is 0. The van der Waals surface area contributed by atoms with E-state index in [1.54, 1.807) is 27.7 Å². The first-order valence-electron chi connectivity index (χ1n) is 8.31. The second-order valence-corrected chi connectivity index (χ2v) is 6.59. The van der Waals surface area contributed by atoms with Crippen LogP contribution in [0.5, 0.6) is 0 Å². The molecule has 0 aliphatic carbocycles. The normalized spacial score (nSPS) is 18.1. The number of carbonyl (C=O) groups is 3. The summed E-state index contributed by atoms with van der Waals surface area (Å²) in [7, 11) is 0. The SMILES string of the molecule is CCN1C(=O)N(O)CCC1C(=O)NOCCCNC(=O)OC(C)(C)C. The molecule has 1 atom stereocenters. The van der Waals surface area contributed by atoms with Crippen LogP contribution in [0.3, 0.4) is 0 Å². The molecule has 0 bridgehead atoms. The quantitative estimate of drug-likeness (QED) is 0.352. The average Bonchev–Trinajstić information content (AvgIpc) is 2.51. The molecule has 0 aromatic carbocycles. The molecule has 1 aliphatic rings. The summed E-state index contributed by atoms with van der Waals surface area (Å²) in [6.07, 6.45) is 0.278. The van der Waals surface area contributed by atoms with E-state index >= 15 is 0 Å². The predicted octanol–water partition coefficient (Wildman–Crippen LogP) is 0.854. The molecule has 1 aliphatic heterocycles. The van der Waals surface area contributed by atoms with Crippen LogP contribution in [-0.2, 0) is 14.4 Å².